The third-order valence-corrected chi connectivity index (χ3v) is 3.39. The van der Waals surface area contributed by atoms with E-state index in [-0.39, 0.29) is 11.7 Å². The van der Waals surface area contributed by atoms with E-state index in [1.165, 1.54) is 0 Å². The van der Waals surface area contributed by atoms with Gasteiger partial charge in [0, 0.05) is 5.69 Å². The summed E-state index contributed by atoms with van der Waals surface area (Å²) in [6, 6.07) is 12.1. The second kappa shape index (κ2) is 8.24. The highest BCUT2D eigenvalue weighted by atomic mass is 16.5. The average molecular weight is 341 g/mol. The van der Waals surface area contributed by atoms with Crippen molar-refractivity contribution in [2.24, 2.45) is 0 Å². The van der Waals surface area contributed by atoms with E-state index in [2.05, 4.69) is 0 Å². The number of carboxylic acids is 1. The van der Waals surface area contributed by atoms with Gasteiger partial charge in [-0.1, -0.05) is 18.2 Å². The highest BCUT2D eigenvalue weighted by Gasteiger charge is 2.12. The molecule has 0 atom stereocenters. The largest absolute Gasteiger partial charge is 0.490 e. The monoisotopic (exact) mass is 341 g/mol. The Morgan fingerprint density at radius 1 is 1.16 bits per heavy atom. The fraction of sp³-hybridized carbons (Fsp3) is 0.250. The van der Waals surface area contributed by atoms with E-state index >= 15 is 0 Å². The minimum absolute atomic E-state index is 0.0185. The van der Waals surface area contributed by atoms with Gasteiger partial charge < -0.3 is 20.3 Å². The average Bonchev–Trinajstić information content (AvgIpc) is 2.55. The molecule has 0 saturated heterocycles. The minimum atomic E-state index is -1.01. The third kappa shape index (κ3) is 5.01. The summed E-state index contributed by atoms with van der Waals surface area (Å²) < 4.78 is 11.4. The molecule has 0 aliphatic rings. The molecule has 0 radical (unpaired) electrons. The zero-order valence-electron chi connectivity index (χ0n) is 14.7. The smallest absolute Gasteiger partial charge is 0.336 e. The Morgan fingerprint density at radius 2 is 1.84 bits per heavy atom. The minimum Gasteiger partial charge on any atom is -0.490 e. The lowest BCUT2D eigenvalue weighted by molar-refractivity contribution is -0.130. The lowest BCUT2D eigenvalue weighted by Crippen LogP contribution is -2.07. The fourth-order valence-corrected chi connectivity index (χ4v) is 2.33. The molecule has 0 fully saturated rings. The summed E-state index contributed by atoms with van der Waals surface area (Å²) in [5.74, 6) is 0.218. The van der Waals surface area contributed by atoms with E-state index in [1.807, 2.05) is 20.8 Å². The number of anilines is 1. The standard InChI is InChI=1S/C20H23NO4/c1-4-24-19-12-14(5-10-18(19)25-13(2)3)11-17(20(22)23)15-6-8-16(21)9-7-15/h5-13H,4,21H2,1-3H3,(H,22,23)/b17-11-. The maximum atomic E-state index is 11.7. The third-order valence-electron chi connectivity index (χ3n) is 3.39. The van der Waals surface area contributed by atoms with Crippen LogP contribution in [0.3, 0.4) is 0 Å². The van der Waals surface area contributed by atoms with Crippen LogP contribution in [0.4, 0.5) is 5.69 Å². The molecular formula is C20H23NO4. The van der Waals surface area contributed by atoms with Crippen molar-refractivity contribution in [2.45, 2.75) is 26.9 Å². The first-order valence-electron chi connectivity index (χ1n) is 8.15. The molecule has 25 heavy (non-hydrogen) atoms. The number of benzene rings is 2. The van der Waals surface area contributed by atoms with Gasteiger partial charge in [0.15, 0.2) is 11.5 Å². The molecule has 0 aliphatic heterocycles. The first kappa shape index (κ1) is 18.4. The molecule has 5 nitrogen and oxygen atoms in total. The number of ether oxygens (including phenoxy) is 2. The van der Waals surface area contributed by atoms with E-state index in [9.17, 15) is 9.90 Å². The Hall–Kier alpha value is -2.95. The number of nitrogens with two attached hydrogens (primary N) is 1. The zero-order chi connectivity index (χ0) is 18.4. The lowest BCUT2D eigenvalue weighted by atomic mass is 10.0. The molecule has 0 bridgehead atoms. The number of carbonyl (C=O) groups is 1. The lowest BCUT2D eigenvalue weighted by Gasteiger charge is -2.15. The van der Waals surface area contributed by atoms with Crippen LogP contribution in [-0.4, -0.2) is 23.8 Å². The Morgan fingerprint density at radius 3 is 2.40 bits per heavy atom. The predicted molar refractivity (Wildman–Crippen MR) is 99.7 cm³/mol. The molecule has 2 aromatic rings. The van der Waals surface area contributed by atoms with Gasteiger partial charge in [0.2, 0.25) is 0 Å². The normalized spacial score (nSPS) is 11.4. The van der Waals surface area contributed by atoms with Crippen LogP contribution in [0, 0.1) is 0 Å². The first-order chi connectivity index (χ1) is 11.9. The van der Waals surface area contributed by atoms with Crippen LogP contribution in [0.15, 0.2) is 42.5 Å². The Labute approximate surface area is 147 Å². The van der Waals surface area contributed by atoms with Gasteiger partial charge in [0.05, 0.1) is 18.3 Å². The van der Waals surface area contributed by atoms with Crippen LogP contribution in [0.1, 0.15) is 31.9 Å². The van der Waals surface area contributed by atoms with E-state index in [1.54, 1.807) is 48.5 Å². The summed E-state index contributed by atoms with van der Waals surface area (Å²) in [4.78, 5) is 11.7. The van der Waals surface area contributed by atoms with Crippen molar-refractivity contribution in [1.82, 2.24) is 0 Å². The van der Waals surface area contributed by atoms with E-state index in [4.69, 9.17) is 15.2 Å². The van der Waals surface area contributed by atoms with Crippen LogP contribution < -0.4 is 15.2 Å². The van der Waals surface area contributed by atoms with Gasteiger partial charge in [-0.05, 0) is 62.2 Å². The van der Waals surface area contributed by atoms with Crippen molar-refractivity contribution in [2.75, 3.05) is 12.3 Å². The maximum Gasteiger partial charge on any atom is 0.336 e. The zero-order valence-corrected chi connectivity index (χ0v) is 14.7. The van der Waals surface area contributed by atoms with Gasteiger partial charge in [-0.15, -0.1) is 0 Å². The summed E-state index contributed by atoms with van der Waals surface area (Å²) >= 11 is 0. The van der Waals surface area contributed by atoms with Gasteiger partial charge in [-0.2, -0.15) is 0 Å². The molecule has 132 valence electrons. The summed E-state index contributed by atoms with van der Waals surface area (Å²) in [6.07, 6.45) is 1.63. The van der Waals surface area contributed by atoms with Crippen molar-refractivity contribution in [1.29, 1.82) is 0 Å². The Bertz CT molecular complexity index is 764. The molecule has 0 spiro atoms. The molecule has 5 heteroatoms. The number of hydrogen-bond donors (Lipinski definition) is 2. The van der Waals surface area contributed by atoms with Gasteiger partial charge in [0.25, 0.3) is 0 Å². The van der Waals surface area contributed by atoms with Gasteiger partial charge in [0.1, 0.15) is 0 Å². The van der Waals surface area contributed by atoms with Crippen LogP contribution in [-0.2, 0) is 4.79 Å². The second-order valence-corrected chi connectivity index (χ2v) is 5.79. The number of rotatable bonds is 7. The van der Waals surface area contributed by atoms with Gasteiger partial charge in [-0.25, -0.2) is 4.79 Å². The maximum absolute atomic E-state index is 11.7. The SMILES string of the molecule is CCOc1cc(/C=C(\C(=O)O)c2ccc(N)cc2)ccc1OC(C)C. The number of aliphatic carboxylic acids is 1. The van der Waals surface area contributed by atoms with Crippen LogP contribution >= 0.6 is 0 Å². The fourth-order valence-electron chi connectivity index (χ4n) is 2.33. The Kier molecular flexibility index (Phi) is 6.06. The topological polar surface area (TPSA) is 81.8 Å². The number of nitrogen functional groups attached to an aromatic ring is 1. The summed E-state index contributed by atoms with van der Waals surface area (Å²) in [5, 5.41) is 9.55. The van der Waals surface area contributed by atoms with E-state index in [0.717, 1.165) is 0 Å². The summed E-state index contributed by atoms with van der Waals surface area (Å²) in [6.45, 7) is 6.25. The van der Waals surface area contributed by atoms with Crippen molar-refractivity contribution in [3.05, 3.63) is 53.6 Å². The van der Waals surface area contributed by atoms with Gasteiger partial charge >= 0.3 is 5.97 Å². The molecule has 3 N–H and O–H groups in total. The van der Waals surface area contributed by atoms with Crippen LogP contribution in [0.25, 0.3) is 11.6 Å². The van der Waals surface area contributed by atoms with E-state index in [0.29, 0.717) is 34.9 Å². The highest BCUT2D eigenvalue weighted by Crippen LogP contribution is 2.31. The van der Waals surface area contributed by atoms with Gasteiger partial charge in [-0.3, -0.25) is 0 Å². The second-order valence-electron chi connectivity index (χ2n) is 5.79. The molecule has 0 heterocycles. The number of hydrogen-bond acceptors (Lipinski definition) is 4. The van der Waals surface area contributed by atoms with Crippen molar-refractivity contribution < 1.29 is 19.4 Å². The molecule has 2 aromatic carbocycles. The quantitative estimate of drug-likeness (QED) is 0.450. The summed E-state index contributed by atoms with van der Waals surface area (Å²) in [7, 11) is 0. The molecule has 0 amide bonds. The Balaban J connectivity index is 2.43. The first-order valence-corrected chi connectivity index (χ1v) is 8.15. The van der Waals surface area contributed by atoms with E-state index < -0.39 is 5.97 Å². The number of carboxylic acid groups (broad SMARTS) is 1. The molecule has 0 saturated carbocycles. The molecule has 2 rings (SSSR count). The highest BCUT2D eigenvalue weighted by molar-refractivity contribution is 6.20. The van der Waals surface area contributed by atoms with Crippen LogP contribution in [0.5, 0.6) is 11.5 Å². The summed E-state index contributed by atoms with van der Waals surface area (Å²) in [5.41, 5.74) is 7.74. The van der Waals surface area contributed by atoms with Crippen molar-refractivity contribution in [3.8, 4) is 11.5 Å². The predicted octanol–water partition coefficient (Wildman–Crippen LogP) is 4.08. The van der Waals surface area contributed by atoms with Crippen LogP contribution in [0.2, 0.25) is 0 Å². The molecular weight excluding hydrogens is 318 g/mol. The van der Waals surface area contributed by atoms with Crippen molar-refractivity contribution >= 4 is 23.3 Å². The molecule has 0 aliphatic carbocycles. The molecule has 0 unspecified atom stereocenters. The van der Waals surface area contributed by atoms with Crippen molar-refractivity contribution in [3.63, 3.8) is 0 Å². The molecule has 0 aromatic heterocycles.